The zero-order valence-corrected chi connectivity index (χ0v) is 15.1. The Morgan fingerprint density at radius 2 is 1.65 bits per heavy atom. The molecular weight excluding hydrogens is 316 g/mol. The van der Waals surface area contributed by atoms with E-state index in [0.29, 0.717) is 0 Å². The van der Waals surface area contributed by atoms with Gasteiger partial charge in [0, 0.05) is 23.4 Å². The number of hydrogen-bond acceptors (Lipinski definition) is 6. The summed E-state index contributed by atoms with van der Waals surface area (Å²) >= 11 is 0. The van der Waals surface area contributed by atoms with Gasteiger partial charge in [0.25, 0.3) is 0 Å². The molecule has 2 rings (SSSR count). The van der Waals surface area contributed by atoms with Gasteiger partial charge in [0.15, 0.2) is 0 Å². The predicted molar refractivity (Wildman–Crippen MR) is 89.1 cm³/mol. The molecule has 1 aliphatic heterocycles. The number of benzene rings is 1. The lowest BCUT2D eigenvalue weighted by Gasteiger charge is -2.22. The Kier molecular flexibility index (Phi) is 6.33. The number of aliphatic imine (C=N–C) groups is 1. The largest absolute Gasteiger partial charge is 0.759 e. The highest BCUT2D eigenvalue weighted by Gasteiger charge is 2.17. The number of aryl methyl sites for hydroxylation is 2. The van der Waals surface area contributed by atoms with E-state index in [1.165, 1.54) is 22.3 Å². The molecule has 0 saturated heterocycles. The van der Waals surface area contributed by atoms with Crippen molar-refractivity contribution in [3.05, 3.63) is 34.4 Å². The number of hydrogen-bond donors (Lipinski definition) is 1. The van der Waals surface area contributed by atoms with E-state index < -0.39 is 10.4 Å². The van der Waals surface area contributed by atoms with Crippen molar-refractivity contribution in [3.63, 3.8) is 0 Å². The smallest absolute Gasteiger partial charge is 0.101 e. The molecular formula is C16H24N2O4S-2. The van der Waals surface area contributed by atoms with Gasteiger partial charge in [-0.15, -0.1) is 0 Å². The lowest BCUT2D eigenvalue weighted by Crippen LogP contribution is -2.22. The van der Waals surface area contributed by atoms with Crippen LogP contribution < -0.4 is 5.32 Å². The monoisotopic (exact) mass is 340 g/mol. The van der Waals surface area contributed by atoms with Gasteiger partial charge in [-0.25, -0.2) is 0 Å². The molecule has 0 fully saturated rings. The fraction of sp³-hybridized carbons (Fsp3) is 0.562. The van der Waals surface area contributed by atoms with Crippen molar-refractivity contribution in [3.8, 4) is 0 Å². The summed E-state index contributed by atoms with van der Waals surface area (Å²) in [6.07, 6.45) is 0.947. The van der Waals surface area contributed by atoms with Crippen LogP contribution in [0.25, 0.3) is 0 Å². The van der Waals surface area contributed by atoms with E-state index in [1.54, 1.807) is 0 Å². The third-order valence-electron chi connectivity index (χ3n) is 3.65. The van der Waals surface area contributed by atoms with Crippen LogP contribution in [0.3, 0.4) is 0 Å². The standard InChI is InChI=1S/C16H24N2.H2O4S/c1-11-8-13(16(3,4)5)9-12(2)14(11)10-15-17-6-7-18-15;1-5(2,3)4/h8-9H,6-7,10H2,1-5H3,(H,17,18);(H2,1,2,3,4)/p-2. The molecule has 0 atom stereocenters. The second kappa shape index (κ2) is 7.42. The van der Waals surface area contributed by atoms with E-state index in [2.05, 4.69) is 57.1 Å². The van der Waals surface area contributed by atoms with Crippen molar-refractivity contribution in [2.75, 3.05) is 13.1 Å². The number of nitrogens with zero attached hydrogens (tertiary/aromatic N) is 1. The normalized spacial score (nSPS) is 14.7. The minimum atomic E-state index is -5.17. The van der Waals surface area contributed by atoms with Crippen LogP contribution in [0.5, 0.6) is 0 Å². The summed E-state index contributed by atoms with van der Waals surface area (Å²) in [5, 5.41) is 3.35. The van der Waals surface area contributed by atoms with Crippen LogP contribution in [-0.4, -0.2) is 36.4 Å². The lowest BCUT2D eigenvalue weighted by atomic mass is 9.83. The van der Waals surface area contributed by atoms with Crippen LogP contribution in [0.15, 0.2) is 17.1 Å². The zero-order valence-electron chi connectivity index (χ0n) is 14.3. The van der Waals surface area contributed by atoms with Gasteiger partial charge in [0.1, 0.15) is 5.84 Å². The van der Waals surface area contributed by atoms with Gasteiger partial charge in [-0.05, 0) is 41.5 Å². The summed E-state index contributed by atoms with van der Waals surface area (Å²) < 4.78 is 34.1. The molecule has 1 aromatic rings. The molecule has 0 spiro atoms. The maximum Gasteiger partial charge on any atom is 0.101 e. The molecule has 0 aromatic heterocycles. The topological polar surface area (TPSA) is 105 Å². The molecule has 130 valence electrons. The molecule has 6 nitrogen and oxygen atoms in total. The highest BCUT2D eigenvalue weighted by Crippen LogP contribution is 2.27. The zero-order chi connectivity index (χ0) is 17.8. The predicted octanol–water partition coefficient (Wildman–Crippen LogP) is 1.81. The third-order valence-corrected chi connectivity index (χ3v) is 3.65. The maximum absolute atomic E-state index is 8.52. The average Bonchev–Trinajstić information content (AvgIpc) is 2.83. The number of amidine groups is 1. The van der Waals surface area contributed by atoms with E-state index in [9.17, 15) is 0 Å². The highest BCUT2D eigenvalue weighted by atomic mass is 32.3. The molecule has 0 saturated carbocycles. The van der Waals surface area contributed by atoms with Gasteiger partial charge in [-0.2, -0.15) is 0 Å². The molecule has 0 aliphatic carbocycles. The Labute approximate surface area is 138 Å². The van der Waals surface area contributed by atoms with E-state index in [0.717, 1.165) is 25.3 Å². The quantitative estimate of drug-likeness (QED) is 0.653. The molecule has 0 unspecified atom stereocenters. The Bertz CT molecular complexity index is 658. The van der Waals surface area contributed by atoms with Gasteiger partial charge < -0.3 is 14.4 Å². The first-order valence-corrected chi connectivity index (χ1v) is 8.76. The van der Waals surface area contributed by atoms with E-state index >= 15 is 0 Å². The van der Waals surface area contributed by atoms with Crippen molar-refractivity contribution in [2.45, 2.75) is 46.5 Å². The van der Waals surface area contributed by atoms with E-state index in [1.807, 2.05) is 0 Å². The molecule has 1 aromatic carbocycles. The molecule has 0 radical (unpaired) electrons. The fourth-order valence-corrected chi connectivity index (χ4v) is 2.44. The van der Waals surface area contributed by atoms with Gasteiger partial charge in [0.2, 0.25) is 0 Å². The minimum Gasteiger partial charge on any atom is -0.759 e. The fourth-order valence-electron chi connectivity index (χ4n) is 2.44. The second-order valence-corrected chi connectivity index (χ2v) is 7.50. The van der Waals surface area contributed by atoms with E-state index in [4.69, 9.17) is 17.5 Å². The van der Waals surface area contributed by atoms with Crippen LogP contribution in [0, 0.1) is 13.8 Å². The van der Waals surface area contributed by atoms with Crippen molar-refractivity contribution in [2.24, 2.45) is 4.99 Å². The Morgan fingerprint density at radius 3 is 2.00 bits per heavy atom. The molecule has 7 heteroatoms. The molecule has 1 heterocycles. The molecule has 23 heavy (non-hydrogen) atoms. The summed E-state index contributed by atoms with van der Waals surface area (Å²) in [4.78, 5) is 4.49. The van der Waals surface area contributed by atoms with Crippen molar-refractivity contribution in [1.82, 2.24) is 5.32 Å². The summed E-state index contributed by atoms with van der Waals surface area (Å²) in [7, 11) is -5.17. The molecule has 0 amide bonds. The Balaban J connectivity index is 0.000000463. The van der Waals surface area contributed by atoms with Crippen LogP contribution >= 0.6 is 0 Å². The van der Waals surface area contributed by atoms with Gasteiger partial charge in [-0.3, -0.25) is 13.4 Å². The summed E-state index contributed by atoms with van der Waals surface area (Å²) in [6, 6.07) is 4.66. The van der Waals surface area contributed by atoms with Crippen molar-refractivity contribution < 1.29 is 17.5 Å². The van der Waals surface area contributed by atoms with Crippen molar-refractivity contribution in [1.29, 1.82) is 0 Å². The average molecular weight is 340 g/mol. The van der Waals surface area contributed by atoms with Gasteiger partial charge >= 0.3 is 0 Å². The van der Waals surface area contributed by atoms with Crippen LogP contribution in [0.2, 0.25) is 0 Å². The summed E-state index contributed by atoms with van der Waals surface area (Å²) in [5.41, 5.74) is 5.84. The molecule has 1 N–H and O–H groups in total. The number of rotatable bonds is 2. The van der Waals surface area contributed by atoms with Crippen LogP contribution in [0.1, 0.15) is 43.0 Å². The summed E-state index contributed by atoms with van der Waals surface area (Å²) in [6.45, 7) is 13.2. The first-order valence-electron chi connectivity index (χ1n) is 7.42. The third kappa shape index (κ3) is 7.11. The van der Waals surface area contributed by atoms with Crippen LogP contribution in [0.4, 0.5) is 0 Å². The molecule has 0 bridgehead atoms. The minimum absolute atomic E-state index is 0.219. The lowest BCUT2D eigenvalue weighted by molar-refractivity contribution is 0.352. The van der Waals surface area contributed by atoms with Gasteiger partial charge in [-0.1, -0.05) is 32.9 Å². The Morgan fingerprint density at radius 1 is 1.17 bits per heavy atom. The van der Waals surface area contributed by atoms with Crippen molar-refractivity contribution >= 4 is 16.2 Å². The SMILES string of the molecule is Cc1cc(C(C)(C)C)cc(C)c1CC1=NCCN1.O=S(=O)([O-])[O-]. The second-order valence-electron chi connectivity index (χ2n) is 6.68. The first kappa shape index (κ1) is 19.6. The van der Waals surface area contributed by atoms with Crippen LogP contribution in [-0.2, 0) is 22.2 Å². The maximum atomic E-state index is 8.52. The van der Waals surface area contributed by atoms with Gasteiger partial charge in [0.05, 0.1) is 6.54 Å². The molecule has 1 aliphatic rings. The highest BCUT2D eigenvalue weighted by molar-refractivity contribution is 7.79. The Hall–Kier alpha value is -1.44. The number of nitrogens with one attached hydrogen (secondary N) is 1. The van der Waals surface area contributed by atoms with E-state index in [-0.39, 0.29) is 5.41 Å². The first-order chi connectivity index (χ1) is 10.4. The summed E-state index contributed by atoms with van der Waals surface area (Å²) in [5.74, 6) is 1.14.